The van der Waals surface area contributed by atoms with Crippen LogP contribution in [-0.4, -0.2) is 29.0 Å². The summed E-state index contributed by atoms with van der Waals surface area (Å²) in [6.07, 6.45) is 3.88. The number of carbonyl (C=O) groups excluding carboxylic acids is 1. The molecule has 21 heavy (non-hydrogen) atoms. The molecule has 0 spiro atoms. The van der Waals surface area contributed by atoms with Gasteiger partial charge in [-0.05, 0) is 32.8 Å². The number of halogens is 2. The Morgan fingerprint density at radius 3 is 2.52 bits per heavy atom. The molecule has 1 aliphatic carbocycles. The highest BCUT2D eigenvalue weighted by Gasteiger charge is 2.59. The standard InChI is InChI=1S/C15H18F2N2O2/c1-9(15(5-6-15)14(3,16)17)7-11-10(2)19-12(8-18-11)13(20)21-4/h7-8H,5-6H2,1-4H3/b9-7+. The van der Waals surface area contributed by atoms with Crippen LogP contribution in [0.3, 0.4) is 0 Å². The van der Waals surface area contributed by atoms with E-state index in [1.54, 1.807) is 19.9 Å². The second kappa shape index (κ2) is 5.16. The number of nitrogens with zero attached hydrogens (tertiary/aromatic N) is 2. The second-order valence-electron chi connectivity index (χ2n) is 5.52. The molecule has 1 heterocycles. The van der Waals surface area contributed by atoms with E-state index in [-0.39, 0.29) is 5.69 Å². The van der Waals surface area contributed by atoms with Crippen molar-refractivity contribution in [3.63, 3.8) is 0 Å². The predicted octanol–water partition coefficient (Wildman–Crippen LogP) is 3.41. The molecule has 0 atom stereocenters. The molecule has 1 saturated carbocycles. The van der Waals surface area contributed by atoms with Gasteiger partial charge in [0, 0.05) is 6.92 Å². The van der Waals surface area contributed by atoms with E-state index in [1.165, 1.54) is 13.3 Å². The molecule has 0 amide bonds. The summed E-state index contributed by atoms with van der Waals surface area (Å²) in [7, 11) is 1.26. The highest BCUT2D eigenvalue weighted by Crippen LogP contribution is 2.61. The van der Waals surface area contributed by atoms with Gasteiger partial charge in [0.05, 0.1) is 30.1 Å². The summed E-state index contributed by atoms with van der Waals surface area (Å²) >= 11 is 0. The lowest BCUT2D eigenvalue weighted by Crippen LogP contribution is -2.27. The van der Waals surface area contributed by atoms with Crippen molar-refractivity contribution in [2.45, 2.75) is 39.5 Å². The Balaban J connectivity index is 2.32. The van der Waals surface area contributed by atoms with Crippen molar-refractivity contribution in [1.82, 2.24) is 9.97 Å². The van der Waals surface area contributed by atoms with Crippen molar-refractivity contribution >= 4 is 12.0 Å². The van der Waals surface area contributed by atoms with Gasteiger partial charge in [0.25, 0.3) is 5.92 Å². The summed E-state index contributed by atoms with van der Waals surface area (Å²) in [4.78, 5) is 19.6. The quantitative estimate of drug-likeness (QED) is 0.799. The third-order valence-electron chi connectivity index (χ3n) is 4.08. The van der Waals surface area contributed by atoms with Crippen LogP contribution in [0.2, 0.25) is 0 Å². The molecule has 0 aromatic carbocycles. The molecule has 0 bridgehead atoms. The first-order valence-electron chi connectivity index (χ1n) is 6.70. The molecule has 1 fully saturated rings. The first-order chi connectivity index (χ1) is 9.71. The van der Waals surface area contributed by atoms with E-state index in [2.05, 4.69) is 14.7 Å². The smallest absolute Gasteiger partial charge is 0.358 e. The van der Waals surface area contributed by atoms with Gasteiger partial charge in [0.2, 0.25) is 0 Å². The van der Waals surface area contributed by atoms with Crippen molar-refractivity contribution in [1.29, 1.82) is 0 Å². The van der Waals surface area contributed by atoms with Gasteiger partial charge in [-0.1, -0.05) is 5.57 Å². The lowest BCUT2D eigenvalue weighted by molar-refractivity contribution is -0.0378. The maximum absolute atomic E-state index is 13.7. The normalized spacial score (nSPS) is 17.5. The Bertz CT molecular complexity index is 602. The van der Waals surface area contributed by atoms with E-state index in [4.69, 9.17) is 0 Å². The van der Waals surface area contributed by atoms with Gasteiger partial charge in [0.1, 0.15) is 0 Å². The molecular weight excluding hydrogens is 278 g/mol. The van der Waals surface area contributed by atoms with Crippen LogP contribution in [0.15, 0.2) is 11.8 Å². The summed E-state index contributed by atoms with van der Waals surface area (Å²) < 4.78 is 32.0. The number of carbonyl (C=O) groups is 1. The van der Waals surface area contributed by atoms with Crippen molar-refractivity contribution in [2.75, 3.05) is 7.11 Å². The molecular formula is C15H18F2N2O2. The van der Waals surface area contributed by atoms with Crippen LogP contribution >= 0.6 is 0 Å². The number of allylic oxidation sites excluding steroid dienone is 1. The van der Waals surface area contributed by atoms with Gasteiger partial charge >= 0.3 is 5.97 Å². The van der Waals surface area contributed by atoms with Gasteiger partial charge < -0.3 is 4.74 Å². The Kier molecular flexibility index (Phi) is 3.82. The number of ether oxygens (including phenoxy) is 1. The second-order valence-corrected chi connectivity index (χ2v) is 5.52. The molecule has 2 rings (SSSR count). The average Bonchev–Trinajstić information content (AvgIpc) is 3.21. The van der Waals surface area contributed by atoms with Crippen molar-refractivity contribution in [3.05, 3.63) is 28.9 Å². The first-order valence-corrected chi connectivity index (χ1v) is 6.70. The monoisotopic (exact) mass is 296 g/mol. The van der Waals surface area contributed by atoms with Crippen LogP contribution in [0.4, 0.5) is 8.78 Å². The number of hydrogen-bond acceptors (Lipinski definition) is 4. The molecule has 0 N–H and O–H groups in total. The van der Waals surface area contributed by atoms with E-state index in [1.807, 2.05) is 0 Å². The Morgan fingerprint density at radius 2 is 2.10 bits per heavy atom. The fraction of sp³-hybridized carbons (Fsp3) is 0.533. The third-order valence-corrected chi connectivity index (χ3v) is 4.08. The maximum atomic E-state index is 13.7. The number of rotatable bonds is 4. The van der Waals surface area contributed by atoms with Crippen LogP contribution in [0, 0.1) is 12.3 Å². The fourth-order valence-corrected chi connectivity index (χ4v) is 2.48. The van der Waals surface area contributed by atoms with Gasteiger partial charge in [-0.3, -0.25) is 4.98 Å². The molecule has 114 valence electrons. The number of aryl methyl sites for hydroxylation is 1. The van der Waals surface area contributed by atoms with E-state index in [0.29, 0.717) is 29.8 Å². The minimum atomic E-state index is -2.75. The van der Waals surface area contributed by atoms with Crippen LogP contribution in [0.1, 0.15) is 48.6 Å². The third kappa shape index (κ3) is 2.80. The summed E-state index contributed by atoms with van der Waals surface area (Å²) in [5, 5.41) is 0. The van der Waals surface area contributed by atoms with E-state index in [0.717, 1.165) is 6.92 Å². The number of hydrogen-bond donors (Lipinski definition) is 0. The van der Waals surface area contributed by atoms with E-state index >= 15 is 0 Å². The zero-order chi connectivity index (χ0) is 15.8. The van der Waals surface area contributed by atoms with Crippen molar-refractivity contribution in [2.24, 2.45) is 5.41 Å². The summed E-state index contributed by atoms with van der Waals surface area (Å²) in [5.74, 6) is -3.32. The van der Waals surface area contributed by atoms with Gasteiger partial charge in [-0.2, -0.15) is 0 Å². The maximum Gasteiger partial charge on any atom is 0.358 e. The van der Waals surface area contributed by atoms with Crippen LogP contribution in [0.5, 0.6) is 0 Å². The molecule has 4 nitrogen and oxygen atoms in total. The van der Waals surface area contributed by atoms with Crippen molar-refractivity contribution in [3.8, 4) is 0 Å². The van der Waals surface area contributed by atoms with Crippen LogP contribution in [-0.2, 0) is 4.74 Å². The molecule has 1 aromatic rings. The number of esters is 1. The lowest BCUT2D eigenvalue weighted by Gasteiger charge is -2.24. The molecule has 0 radical (unpaired) electrons. The average molecular weight is 296 g/mol. The minimum Gasteiger partial charge on any atom is -0.464 e. The predicted molar refractivity (Wildman–Crippen MR) is 74.0 cm³/mol. The van der Waals surface area contributed by atoms with Gasteiger partial charge in [-0.25, -0.2) is 18.6 Å². The number of alkyl halides is 2. The van der Waals surface area contributed by atoms with Gasteiger partial charge in [0.15, 0.2) is 5.69 Å². The molecule has 1 aliphatic rings. The Morgan fingerprint density at radius 1 is 1.48 bits per heavy atom. The molecule has 0 saturated heterocycles. The van der Waals surface area contributed by atoms with E-state index < -0.39 is 17.3 Å². The van der Waals surface area contributed by atoms with Crippen molar-refractivity contribution < 1.29 is 18.3 Å². The SMILES string of the molecule is COC(=O)c1cnc(/C=C(\C)C2(C(C)(F)F)CC2)c(C)n1. The van der Waals surface area contributed by atoms with Crippen LogP contribution < -0.4 is 0 Å². The van der Waals surface area contributed by atoms with E-state index in [9.17, 15) is 13.6 Å². The highest BCUT2D eigenvalue weighted by atomic mass is 19.3. The highest BCUT2D eigenvalue weighted by molar-refractivity contribution is 5.86. The number of aromatic nitrogens is 2. The van der Waals surface area contributed by atoms with Gasteiger partial charge in [-0.15, -0.1) is 0 Å². The molecule has 0 aliphatic heterocycles. The lowest BCUT2D eigenvalue weighted by atomic mass is 9.90. The molecule has 6 heteroatoms. The number of methoxy groups -OCH3 is 1. The van der Waals surface area contributed by atoms with Crippen LogP contribution in [0.25, 0.3) is 6.08 Å². The summed E-state index contributed by atoms with van der Waals surface area (Å²) in [6, 6.07) is 0. The molecule has 0 unspecified atom stereocenters. The minimum absolute atomic E-state index is 0.103. The zero-order valence-corrected chi connectivity index (χ0v) is 12.5. The Labute approximate surface area is 122 Å². The summed E-state index contributed by atoms with van der Waals surface area (Å²) in [6.45, 7) is 4.33. The topological polar surface area (TPSA) is 52.1 Å². The molecule has 1 aromatic heterocycles. The fourth-order valence-electron chi connectivity index (χ4n) is 2.48. The largest absolute Gasteiger partial charge is 0.464 e. The Hall–Kier alpha value is -1.85. The summed E-state index contributed by atoms with van der Waals surface area (Å²) in [5.41, 5.74) is 0.649. The zero-order valence-electron chi connectivity index (χ0n) is 12.5. The first kappa shape index (κ1) is 15.5.